The zero-order valence-corrected chi connectivity index (χ0v) is 25.1. The predicted molar refractivity (Wildman–Crippen MR) is 161 cm³/mol. The lowest BCUT2D eigenvalue weighted by atomic mass is 9.99. The van der Waals surface area contributed by atoms with Crippen LogP contribution >= 0.6 is 11.3 Å². The van der Waals surface area contributed by atoms with Gasteiger partial charge in [-0.25, -0.2) is 13.4 Å². The molecule has 0 bridgehead atoms. The summed E-state index contributed by atoms with van der Waals surface area (Å²) in [5.41, 5.74) is 1.16. The van der Waals surface area contributed by atoms with Crippen LogP contribution in [0.2, 0.25) is 0 Å². The van der Waals surface area contributed by atoms with Crippen molar-refractivity contribution in [3.63, 3.8) is 0 Å². The van der Waals surface area contributed by atoms with Crippen molar-refractivity contribution >= 4 is 49.1 Å². The third kappa shape index (κ3) is 5.88. The number of aliphatic hydroxyl groups is 1. The molecule has 0 saturated heterocycles. The van der Waals surface area contributed by atoms with Gasteiger partial charge in [-0.05, 0) is 43.3 Å². The first-order valence-electron chi connectivity index (χ1n) is 13.5. The minimum absolute atomic E-state index is 0.0203. The molecule has 3 atom stereocenters. The summed E-state index contributed by atoms with van der Waals surface area (Å²) in [5.74, 6) is -1.03. The van der Waals surface area contributed by atoms with Crippen LogP contribution in [0.5, 0.6) is 5.75 Å². The van der Waals surface area contributed by atoms with E-state index in [1.807, 2.05) is 31.2 Å². The second-order valence-corrected chi connectivity index (χ2v) is 13.4. The van der Waals surface area contributed by atoms with Crippen LogP contribution in [0.4, 0.5) is 5.69 Å². The van der Waals surface area contributed by atoms with E-state index in [0.717, 1.165) is 4.70 Å². The summed E-state index contributed by atoms with van der Waals surface area (Å²) in [6.45, 7) is 3.56. The van der Waals surface area contributed by atoms with E-state index in [1.54, 1.807) is 48.2 Å². The molecular weight excluding hydrogens is 576 g/mol. The highest BCUT2D eigenvalue weighted by Gasteiger charge is 2.36. The summed E-state index contributed by atoms with van der Waals surface area (Å²) < 4.78 is 35.2. The molecule has 2 amide bonds. The number of carbonyl (C=O) groups is 2. The van der Waals surface area contributed by atoms with Crippen LogP contribution in [0.1, 0.15) is 34.0 Å². The first-order valence-corrected chi connectivity index (χ1v) is 15.8. The van der Waals surface area contributed by atoms with Crippen LogP contribution in [0, 0.1) is 5.92 Å². The topological polar surface area (TPSA) is 129 Å². The van der Waals surface area contributed by atoms with Crippen LogP contribution in [-0.2, 0) is 10.0 Å². The van der Waals surface area contributed by atoms with Crippen molar-refractivity contribution < 1.29 is 27.9 Å². The Morgan fingerprint density at radius 1 is 1.14 bits per heavy atom. The van der Waals surface area contributed by atoms with Crippen molar-refractivity contribution in [1.29, 1.82) is 0 Å². The molecule has 3 aromatic carbocycles. The van der Waals surface area contributed by atoms with Gasteiger partial charge in [-0.2, -0.15) is 4.31 Å². The molecule has 0 unspecified atom stereocenters. The number of nitrogens with one attached hydrogen (secondary N) is 1. The van der Waals surface area contributed by atoms with Crippen molar-refractivity contribution in [2.45, 2.75) is 30.9 Å². The Kier molecular flexibility index (Phi) is 8.60. The molecule has 1 aliphatic heterocycles. The van der Waals surface area contributed by atoms with Crippen molar-refractivity contribution in [3.05, 3.63) is 83.4 Å². The van der Waals surface area contributed by atoms with E-state index in [4.69, 9.17) is 4.74 Å². The predicted octanol–water partition coefficient (Wildman–Crippen LogP) is 4.09. The second-order valence-electron chi connectivity index (χ2n) is 10.3. The van der Waals surface area contributed by atoms with Crippen LogP contribution in [0.15, 0.2) is 77.7 Å². The third-order valence-electron chi connectivity index (χ3n) is 7.32. The number of anilines is 1. The lowest BCUT2D eigenvalue weighted by Gasteiger charge is -2.38. The molecule has 4 aromatic rings. The smallest absolute Gasteiger partial charge is 0.284 e. The van der Waals surface area contributed by atoms with E-state index in [1.165, 1.54) is 34.8 Å². The first-order chi connectivity index (χ1) is 20.1. The number of aromatic nitrogens is 1. The van der Waals surface area contributed by atoms with Gasteiger partial charge in [0.05, 0.1) is 45.6 Å². The zero-order valence-electron chi connectivity index (χ0n) is 23.4. The van der Waals surface area contributed by atoms with Gasteiger partial charge in [0.1, 0.15) is 6.10 Å². The van der Waals surface area contributed by atoms with Gasteiger partial charge in [-0.3, -0.25) is 9.59 Å². The number of likely N-dealkylation sites (N-methyl/N-ethyl adjacent to an activating group) is 1. The largest absolute Gasteiger partial charge is 0.486 e. The van der Waals surface area contributed by atoms with Gasteiger partial charge in [0.2, 0.25) is 10.0 Å². The first kappa shape index (κ1) is 29.6. The van der Waals surface area contributed by atoms with Crippen LogP contribution in [0.25, 0.3) is 10.2 Å². The van der Waals surface area contributed by atoms with Gasteiger partial charge < -0.3 is 20.1 Å². The summed E-state index contributed by atoms with van der Waals surface area (Å²) in [7, 11) is -2.34. The van der Waals surface area contributed by atoms with Crippen molar-refractivity contribution in [2.75, 3.05) is 32.1 Å². The minimum atomic E-state index is -3.83. The highest BCUT2D eigenvalue weighted by molar-refractivity contribution is 7.89. The van der Waals surface area contributed by atoms with Crippen LogP contribution in [0.3, 0.4) is 0 Å². The highest BCUT2D eigenvalue weighted by atomic mass is 32.2. The highest BCUT2D eigenvalue weighted by Crippen LogP contribution is 2.36. The number of aliphatic hydroxyl groups excluding tert-OH is 1. The van der Waals surface area contributed by atoms with Crippen LogP contribution in [-0.4, -0.2) is 78.4 Å². The molecule has 0 spiro atoms. The Balaban J connectivity index is 1.51. The molecule has 5 rings (SSSR count). The molecule has 12 heteroatoms. The maximum absolute atomic E-state index is 13.7. The molecular formula is C30H32N4O6S2. The third-order valence-corrected chi connectivity index (χ3v) is 10.2. The molecule has 220 valence electrons. The summed E-state index contributed by atoms with van der Waals surface area (Å²) in [6.07, 6.45) is -0.700. The Morgan fingerprint density at radius 2 is 1.86 bits per heavy atom. The van der Waals surface area contributed by atoms with E-state index < -0.39 is 28.1 Å². The number of sulfonamides is 1. The van der Waals surface area contributed by atoms with Crippen molar-refractivity contribution in [1.82, 2.24) is 14.2 Å². The molecule has 1 aliphatic rings. The molecule has 0 saturated carbocycles. The Labute approximate surface area is 248 Å². The summed E-state index contributed by atoms with van der Waals surface area (Å²) in [5, 5.41) is 13.0. The monoisotopic (exact) mass is 608 g/mol. The number of benzene rings is 3. The second kappa shape index (κ2) is 12.2. The Bertz CT molecular complexity index is 1680. The normalized spacial score (nSPS) is 18.2. The summed E-state index contributed by atoms with van der Waals surface area (Å²) in [6, 6.07) is 19.9. The number of thiazole rings is 1. The Hall–Kier alpha value is -3.84. The molecule has 0 aliphatic carbocycles. The molecule has 10 nitrogen and oxygen atoms in total. The number of fused-ring (bicyclic) bond motifs is 2. The maximum Gasteiger partial charge on any atom is 0.284 e. The molecule has 1 aromatic heterocycles. The number of ether oxygens (including phenoxy) is 1. The quantitative estimate of drug-likeness (QED) is 0.308. The lowest BCUT2D eigenvalue weighted by molar-refractivity contribution is 0.0388. The lowest BCUT2D eigenvalue weighted by Crippen LogP contribution is -2.50. The van der Waals surface area contributed by atoms with Gasteiger partial charge in [0.15, 0.2) is 10.8 Å². The molecule has 0 fully saturated rings. The average Bonchev–Trinajstić information content (AvgIpc) is 3.44. The molecule has 42 heavy (non-hydrogen) atoms. The van der Waals surface area contributed by atoms with E-state index in [-0.39, 0.29) is 58.4 Å². The van der Waals surface area contributed by atoms with Crippen molar-refractivity contribution in [3.8, 4) is 5.75 Å². The number of carbonyl (C=O) groups excluding carboxylic acids is 2. The zero-order chi connectivity index (χ0) is 30.0. The number of hydrogen-bond acceptors (Lipinski definition) is 8. The van der Waals surface area contributed by atoms with Gasteiger partial charge in [0, 0.05) is 19.5 Å². The standard InChI is InChI=1S/C30H32N4O6S2/c1-19-16-34(20(2)18-35)30(37)22-12-9-14-24(31-28(36)29-32-23-13-7-8-15-26(23)41-29)27(22)40-25(19)17-33(3)42(38,39)21-10-5-4-6-11-21/h4-15,19-20,25,35H,16-18H2,1-3H3,(H,31,36)/t19-,20-,25+/m1/s1. The fourth-order valence-corrected chi connectivity index (χ4v) is 6.89. The van der Waals surface area contributed by atoms with Gasteiger partial charge in [0.25, 0.3) is 11.8 Å². The van der Waals surface area contributed by atoms with E-state index >= 15 is 0 Å². The van der Waals surface area contributed by atoms with Gasteiger partial charge >= 0.3 is 0 Å². The molecule has 2 heterocycles. The maximum atomic E-state index is 13.7. The van der Waals surface area contributed by atoms with E-state index in [9.17, 15) is 23.1 Å². The SMILES string of the molecule is C[C@@H]1CN([C@H](C)CO)C(=O)c2cccc(NC(=O)c3nc4ccccc4s3)c2O[C@H]1CN(C)S(=O)(=O)c1ccccc1. The van der Waals surface area contributed by atoms with Gasteiger partial charge in [-0.15, -0.1) is 11.3 Å². The number of para-hydroxylation sites is 2. The minimum Gasteiger partial charge on any atom is -0.486 e. The van der Waals surface area contributed by atoms with E-state index in [0.29, 0.717) is 5.52 Å². The number of hydrogen-bond donors (Lipinski definition) is 2. The molecule has 0 radical (unpaired) electrons. The van der Waals surface area contributed by atoms with Gasteiger partial charge in [-0.1, -0.05) is 43.3 Å². The Morgan fingerprint density at radius 3 is 2.57 bits per heavy atom. The summed E-state index contributed by atoms with van der Waals surface area (Å²) in [4.78, 5) is 33.2. The molecule has 2 N–H and O–H groups in total. The fourth-order valence-electron chi connectivity index (χ4n) is 4.83. The van der Waals surface area contributed by atoms with E-state index in [2.05, 4.69) is 10.3 Å². The number of rotatable bonds is 8. The fraction of sp³-hybridized carbons (Fsp3) is 0.300. The van der Waals surface area contributed by atoms with Crippen LogP contribution < -0.4 is 10.1 Å². The number of nitrogens with zero attached hydrogens (tertiary/aromatic N) is 3. The van der Waals surface area contributed by atoms with Crippen molar-refractivity contribution in [2.24, 2.45) is 5.92 Å². The number of amides is 2. The summed E-state index contributed by atoms with van der Waals surface area (Å²) >= 11 is 1.25. The average molecular weight is 609 g/mol.